The molecule has 0 aliphatic heterocycles. The minimum atomic E-state index is -0.0114. The second-order valence-electron chi connectivity index (χ2n) is 6.98. The maximum atomic E-state index is 13.6. The van der Waals surface area contributed by atoms with E-state index in [1.807, 2.05) is 48.2 Å². The summed E-state index contributed by atoms with van der Waals surface area (Å²) in [5, 5.41) is 0.716. The number of aromatic nitrogens is 1. The number of rotatable bonds is 11. The number of carbonyl (C=O) groups excluding carboxylic acids is 1. The smallest absolute Gasteiger partial charge is 0.260 e. The van der Waals surface area contributed by atoms with Crippen molar-refractivity contribution in [1.82, 2.24) is 9.88 Å². The molecule has 0 saturated heterocycles. The summed E-state index contributed by atoms with van der Waals surface area (Å²) in [6, 6.07) is 13.8. The van der Waals surface area contributed by atoms with E-state index in [0.29, 0.717) is 23.8 Å². The molecule has 1 amide bonds. The summed E-state index contributed by atoms with van der Waals surface area (Å²) in [4.78, 5) is 23.7. The molecule has 0 aliphatic carbocycles. The van der Waals surface area contributed by atoms with Crippen LogP contribution in [0, 0.1) is 0 Å². The highest BCUT2D eigenvalue weighted by atomic mass is 32.2. The standard InChI is InChI=1S/C24H31N3O2S2/c1-5-26(6-2)15-16-27(23(28)18-11-9-12-19(17-18)30-8-4)24-25-22-20(29-7-3)13-10-14-21(22)31-24/h9-14,17H,5-8,15-16H2,1-4H3. The fourth-order valence-corrected chi connectivity index (χ4v) is 5.13. The first kappa shape index (κ1) is 23.6. The van der Waals surface area contributed by atoms with Gasteiger partial charge >= 0.3 is 0 Å². The summed E-state index contributed by atoms with van der Waals surface area (Å²) in [6.45, 7) is 12.3. The Morgan fingerprint density at radius 3 is 2.55 bits per heavy atom. The molecule has 1 heterocycles. The fourth-order valence-electron chi connectivity index (χ4n) is 3.41. The molecule has 0 bridgehead atoms. The first-order chi connectivity index (χ1) is 15.1. The highest BCUT2D eigenvalue weighted by molar-refractivity contribution is 7.99. The average Bonchev–Trinajstić information content (AvgIpc) is 3.22. The molecule has 0 atom stereocenters. The molecule has 31 heavy (non-hydrogen) atoms. The lowest BCUT2D eigenvalue weighted by atomic mass is 10.2. The van der Waals surface area contributed by atoms with Crippen molar-refractivity contribution < 1.29 is 9.53 Å². The van der Waals surface area contributed by atoms with E-state index in [1.165, 1.54) is 11.3 Å². The molecule has 0 aliphatic rings. The van der Waals surface area contributed by atoms with Crippen molar-refractivity contribution in [3.8, 4) is 5.75 Å². The van der Waals surface area contributed by atoms with Gasteiger partial charge in [0.05, 0.1) is 11.3 Å². The van der Waals surface area contributed by atoms with Crippen LogP contribution in [0.5, 0.6) is 5.75 Å². The average molecular weight is 458 g/mol. The molecule has 5 nitrogen and oxygen atoms in total. The van der Waals surface area contributed by atoms with Crippen molar-refractivity contribution in [2.45, 2.75) is 32.6 Å². The van der Waals surface area contributed by atoms with Crippen LogP contribution >= 0.6 is 23.1 Å². The minimum absolute atomic E-state index is 0.0114. The Hall–Kier alpha value is -2.09. The van der Waals surface area contributed by atoms with Crippen LogP contribution in [0.3, 0.4) is 0 Å². The highest BCUT2D eigenvalue weighted by Crippen LogP contribution is 2.35. The Kier molecular flexibility index (Phi) is 8.75. The number of hydrogen-bond donors (Lipinski definition) is 0. The molecule has 1 aromatic heterocycles. The molecule has 3 rings (SSSR count). The van der Waals surface area contributed by atoms with E-state index in [0.717, 1.165) is 46.2 Å². The number of ether oxygens (including phenoxy) is 1. The van der Waals surface area contributed by atoms with E-state index < -0.39 is 0 Å². The van der Waals surface area contributed by atoms with Crippen LogP contribution in [0.25, 0.3) is 10.2 Å². The van der Waals surface area contributed by atoms with Crippen molar-refractivity contribution in [2.75, 3.05) is 43.4 Å². The molecular weight excluding hydrogens is 426 g/mol. The van der Waals surface area contributed by atoms with E-state index >= 15 is 0 Å². The number of fused-ring (bicyclic) bond motifs is 1. The summed E-state index contributed by atoms with van der Waals surface area (Å²) in [5.41, 5.74) is 1.52. The number of para-hydroxylation sites is 1. The topological polar surface area (TPSA) is 45.7 Å². The second-order valence-corrected chi connectivity index (χ2v) is 9.32. The number of likely N-dealkylation sites (N-methyl/N-ethyl adjacent to an activating group) is 1. The zero-order chi connectivity index (χ0) is 22.2. The first-order valence-electron chi connectivity index (χ1n) is 10.9. The SMILES string of the molecule is CCOc1cccc2sc(N(CCN(CC)CC)C(=O)c3cccc(SCC)c3)nc12. The molecule has 0 spiro atoms. The van der Waals surface area contributed by atoms with E-state index in [9.17, 15) is 4.79 Å². The van der Waals surface area contributed by atoms with Crippen molar-refractivity contribution in [1.29, 1.82) is 0 Å². The third-order valence-electron chi connectivity index (χ3n) is 5.07. The number of anilines is 1. The lowest BCUT2D eigenvalue weighted by Gasteiger charge is -2.25. The predicted octanol–water partition coefficient (Wildman–Crippen LogP) is 5.80. The van der Waals surface area contributed by atoms with Gasteiger partial charge in [0.1, 0.15) is 11.3 Å². The van der Waals surface area contributed by atoms with Crippen molar-refractivity contribution in [3.63, 3.8) is 0 Å². The van der Waals surface area contributed by atoms with Crippen LogP contribution in [-0.4, -0.2) is 54.3 Å². The van der Waals surface area contributed by atoms with Gasteiger partial charge in [-0.05, 0) is 56.1 Å². The minimum Gasteiger partial charge on any atom is -0.492 e. The quantitative estimate of drug-likeness (QED) is 0.341. The molecule has 0 saturated carbocycles. The normalized spacial score (nSPS) is 11.3. The van der Waals surface area contributed by atoms with Gasteiger partial charge in [-0.2, -0.15) is 0 Å². The van der Waals surface area contributed by atoms with E-state index in [2.05, 4.69) is 31.7 Å². The summed E-state index contributed by atoms with van der Waals surface area (Å²) < 4.78 is 6.79. The molecule has 0 fully saturated rings. The highest BCUT2D eigenvalue weighted by Gasteiger charge is 2.23. The molecule has 166 valence electrons. The number of nitrogens with zero attached hydrogens (tertiary/aromatic N) is 3. The molecule has 0 N–H and O–H groups in total. The van der Waals surface area contributed by atoms with Crippen LogP contribution < -0.4 is 9.64 Å². The third kappa shape index (κ3) is 5.79. The molecule has 2 aromatic carbocycles. The summed E-state index contributed by atoms with van der Waals surface area (Å²) in [6.07, 6.45) is 0. The summed E-state index contributed by atoms with van der Waals surface area (Å²) >= 11 is 3.28. The van der Waals surface area contributed by atoms with Crippen LogP contribution in [-0.2, 0) is 0 Å². The van der Waals surface area contributed by atoms with Crippen molar-refractivity contribution >= 4 is 44.4 Å². The first-order valence-corrected chi connectivity index (χ1v) is 12.7. The van der Waals surface area contributed by atoms with Crippen LogP contribution in [0.15, 0.2) is 47.4 Å². The van der Waals surface area contributed by atoms with Gasteiger partial charge in [0.2, 0.25) is 0 Å². The Balaban J connectivity index is 1.98. The van der Waals surface area contributed by atoms with Gasteiger partial charge in [-0.25, -0.2) is 4.98 Å². The fraction of sp³-hybridized carbons (Fsp3) is 0.417. The Labute approximate surface area is 193 Å². The number of benzene rings is 2. The number of amides is 1. The zero-order valence-corrected chi connectivity index (χ0v) is 20.4. The monoisotopic (exact) mass is 457 g/mol. The number of carbonyl (C=O) groups is 1. The maximum Gasteiger partial charge on any atom is 0.260 e. The van der Waals surface area contributed by atoms with Gasteiger partial charge < -0.3 is 9.64 Å². The molecule has 0 radical (unpaired) electrons. The third-order valence-corrected chi connectivity index (χ3v) is 6.99. The largest absolute Gasteiger partial charge is 0.492 e. The zero-order valence-electron chi connectivity index (χ0n) is 18.8. The predicted molar refractivity (Wildman–Crippen MR) is 133 cm³/mol. The van der Waals surface area contributed by atoms with Gasteiger partial charge in [0.15, 0.2) is 5.13 Å². The summed E-state index contributed by atoms with van der Waals surface area (Å²) in [5.74, 6) is 1.73. The second kappa shape index (κ2) is 11.5. The van der Waals surface area contributed by atoms with E-state index in [4.69, 9.17) is 9.72 Å². The molecule has 0 unspecified atom stereocenters. The van der Waals surface area contributed by atoms with Crippen molar-refractivity contribution in [3.05, 3.63) is 48.0 Å². The van der Waals surface area contributed by atoms with Crippen molar-refractivity contribution in [2.24, 2.45) is 0 Å². The molecule has 3 aromatic rings. The van der Waals surface area contributed by atoms with Gasteiger partial charge in [-0.15, -0.1) is 11.8 Å². The van der Waals surface area contributed by atoms with Gasteiger partial charge in [0.25, 0.3) is 5.91 Å². The van der Waals surface area contributed by atoms with E-state index in [-0.39, 0.29) is 5.91 Å². The van der Waals surface area contributed by atoms with Crippen LogP contribution in [0.2, 0.25) is 0 Å². The Morgan fingerprint density at radius 2 is 1.84 bits per heavy atom. The Morgan fingerprint density at radius 1 is 1.06 bits per heavy atom. The van der Waals surface area contributed by atoms with E-state index in [1.54, 1.807) is 11.8 Å². The van der Waals surface area contributed by atoms with Crippen LogP contribution in [0.1, 0.15) is 38.1 Å². The lowest BCUT2D eigenvalue weighted by Crippen LogP contribution is -2.38. The number of thiazole rings is 1. The maximum absolute atomic E-state index is 13.6. The van der Waals surface area contributed by atoms with Gasteiger partial charge in [-0.3, -0.25) is 9.69 Å². The Bertz CT molecular complexity index is 1000. The molecular formula is C24H31N3O2S2. The molecule has 7 heteroatoms. The number of hydrogen-bond acceptors (Lipinski definition) is 6. The van der Waals surface area contributed by atoms with Gasteiger partial charge in [0, 0.05) is 23.5 Å². The number of thioether (sulfide) groups is 1. The lowest BCUT2D eigenvalue weighted by molar-refractivity contribution is 0.0983. The van der Waals surface area contributed by atoms with Gasteiger partial charge in [-0.1, -0.05) is 44.2 Å². The van der Waals surface area contributed by atoms with Crippen LogP contribution in [0.4, 0.5) is 5.13 Å². The summed E-state index contributed by atoms with van der Waals surface area (Å²) in [7, 11) is 0.